The average molecular weight is 386 g/mol. The molecule has 0 saturated heterocycles. The SMILES string of the molecule is N[C@@H]1CCC[C@H]1CC(=O)Nc1nc(-c2cc(Br)cs2)cs1. The number of halogens is 1. The number of amides is 1. The maximum absolute atomic E-state index is 12.1. The first-order valence-corrected chi connectivity index (χ1v) is 9.42. The topological polar surface area (TPSA) is 68.0 Å². The number of carbonyl (C=O) groups is 1. The van der Waals surface area contributed by atoms with E-state index in [0.29, 0.717) is 17.5 Å². The van der Waals surface area contributed by atoms with Crippen molar-refractivity contribution in [2.75, 3.05) is 5.32 Å². The molecule has 0 aliphatic heterocycles. The molecule has 1 aliphatic carbocycles. The third-order valence-corrected chi connectivity index (χ3v) is 6.21. The molecule has 2 heterocycles. The molecule has 112 valence electrons. The fourth-order valence-corrected chi connectivity index (χ4v) is 4.81. The second-order valence-corrected chi connectivity index (χ2v) is 7.96. The van der Waals surface area contributed by atoms with Crippen LogP contribution in [0.25, 0.3) is 10.6 Å². The number of nitrogens with one attached hydrogen (secondary N) is 1. The molecule has 1 aliphatic rings. The van der Waals surface area contributed by atoms with Crippen molar-refractivity contribution in [2.45, 2.75) is 31.7 Å². The molecule has 0 spiro atoms. The van der Waals surface area contributed by atoms with Crippen LogP contribution in [-0.4, -0.2) is 16.9 Å². The number of rotatable bonds is 4. The van der Waals surface area contributed by atoms with E-state index in [9.17, 15) is 4.79 Å². The molecule has 7 heteroatoms. The molecule has 0 aromatic carbocycles. The van der Waals surface area contributed by atoms with Gasteiger partial charge in [0, 0.05) is 27.7 Å². The van der Waals surface area contributed by atoms with E-state index in [-0.39, 0.29) is 11.9 Å². The summed E-state index contributed by atoms with van der Waals surface area (Å²) in [6, 6.07) is 2.20. The standard InChI is InChI=1S/C14H16BrN3OS2/c15-9-5-12(20-6-9)11-7-21-14(17-11)18-13(19)4-8-2-1-3-10(8)16/h5-8,10H,1-4,16H2,(H,17,18,19)/t8-,10+/m0/s1. The number of thiophene rings is 1. The van der Waals surface area contributed by atoms with Crippen LogP contribution >= 0.6 is 38.6 Å². The first kappa shape index (κ1) is 15.1. The molecule has 1 amide bonds. The van der Waals surface area contributed by atoms with Gasteiger partial charge < -0.3 is 11.1 Å². The Morgan fingerprint density at radius 3 is 2.95 bits per heavy atom. The van der Waals surface area contributed by atoms with E-state index in [1.165, 1.54) is 11.3 Å². The van der Waals surface area contributed by atoms with Crippen molar-refractivity contribution in [3.8, 4) is 10.6 Å². The van der Waals surface area contributed by atoms with Crippen LogP contribution in [-0.2, 0) is 4.79 Å². The van der Waals surface area contributed by atoms with Gasteiger partial charge in [0.05, 0.1) is 10.6 Å². The molecular weight excluding hydrogens is 370 g/mol. The molecule has 2 aromatic rings. The lowest BCUT2D eigenvalue weighted by atomic mass is 10.00. The molecule has 0 radical (unpaired) electrons. The van der Waals surface area contributed by atoms with Crippen LogP contribution in [0.2, 0.25) is 0 Å². The summed E-state index contributed by atoms with van der Waals surface area (Å²) in [5.41, 5.74) is 6.91. The first-order chi connectivity index (χ1) is 10.1. The minimum absolute atomic E-state index is 0.0191. The molecule has 0 unspecified atom stereocenters. The Hall–Kier alpha value is -0.760. The number of nitrogens with two attached hydrogens (primary N) is 1. The van der Waals surface area contributed by atoms with Gasteiger partial charge in [0.15, 0.2) is 5.13 Å². The highest BCUT2D eigenvalue weighted by atomic mass is 79.9. The summed E-state index contributed by atoms with van der Waals surface area (Å²) < 4.78 is 1.05. The highest BCUT2D eigenvalue weighted by molar-refractivity contribution is 9.10. The predicted octanol–water partition coefficient (Wildman–Crippen LogP) is 4.09. The Balaban J connectivity index is 1.60. The lowest BCUT2D eigenvalue weighted by Gasteiger charge is -2.13. The van der Waals surface area contributed by atoms with Gasteiger partial charge in [0.25, 0.3) is 0 Å². The minimum Gasteiger partial charge on any atom is -0.327 e. The minimum atomic E-state index is 0.0191. The summed E-state index contributed by atoms with van der Waals surface area (Å²) in [5, 5.41) is 7.54. The van der Waals surface area contributed by atoms with E-state index in [4.69, 9.17) is 5.73 Å². The van der Waals surface area contributed by atoms with Crippen LogP contribution < -0.4 is 11.1 Å². The van der Waals surface area contributed by atoms with Gasteiger partial charge in [-0.25, -0.2) is 4.98 Å². The Morgan fingerprint density at radius 2 is 2.29 bits per heavy atom. The maximum atomic E-state index is 12.1. The van der Waals surface area contributed by atoms with E-state index < -0.39 is 0 Å². The van der Waals surface area contributed by atoms with E-state index >= 15 is 0 Å². The number of nitrogens with zero attached hydrogens (tertiary/aromatic N) is 1. The Labute approximate surface area is 139 Å². The monoisotopic (exact) mass is 385 g/mol. The van der Waals surface area contributed by atoms with E-state index in [0.717, 1.165) is 34.3 Å². The van der Waals surface area contributed by atoms with E-state index in [1.54, 1.807) is 11.3 Å². The summed E-state index contributed by atoms with van der Waals surface area (Å²) in [5.74, 6) is 0.336. The summed E-state index contributed by atoms with van der Waals surface area (Å²) in [6.45, 7) is 0. The van der Waals surface area contributed by atoms with Crippen molar-refractivity contribution in [3.63, 3.8) is 0 Å². The highest BCUT2D eigenvalue weighted by Crippen LogP contribution is 2.32. The summed E-state index contributed by atoms with van der Waals surface area (Å²) >= 11 is 6.52. The Morgan fingerprint density at radius 1 is 1.43 bits per heavy atom. The van der Waals surface area contributed by atoms with Gasteiger partial charge in [-0.2, -0.15) is 0 Å². The Bertz CT molecular complexity index is 640. The number of hydrogen-bond acceptors (Lipinski definition) is 5. The van der Waals surface area contributed by atoms with Gasteiger partial charge in [-0.05, 0) is 40.8 Å². The zero-order valence-corrected chi connectivity index (χ0v) is 14.6. The second kappa shape index (κ2) is 6.56. The van der Waals surface area contributed by atoms with E-state index in [2.05, 4.69) is 26.2 Å². The maximum Gasteiger partial charge on any atom is 0.226 e. The van der Waals surface area contributed by atoms with Gasteiger partial charge >= 0.3 is 0 Å². The normalized spacial score (nSPS) is 21.6. The van der Waals surface area contributed by atoms with Crippen LogP contribution in [0.4, 0.5) is 5.13 Å². The molecule has 0 bridgehead atoms. The van der Waals surface area contributed by atoms with Gasteiger partial charge in [0.2, 0.25) is 5.91 Å². The van der Waals surface area contributed by atoms with Crippen molar-refractivity contribution >= 4 is 49.6 Å². The Kier molecular flexibility index (Phi) is 4.73. The highest BCUT2D eigenvalue weighted by Gasteiger charge is 2.26. The second-order valence-electron chi connectivity index (χ2n) is 5.27. The quantitative estimate of drug-likeness (QED) is 0.832. The van der Waals surface area contributed by atoms with Gasteiger partial charge in [0.1, 0.15) is 0 Å². The molecule has 1 fully saturated rings. The summed E-state index contributed by atoms with van der Waals surface area (Å²) in [6.07, 6.45) is 3.72. The average Bonchev–Trinajstić information content (AvgIpc) is 3.13. The predicted molar refractivity (Wildman–Crippen MR) is 91.7 cm³/mol. The van der Waals surface area contributed by atoms with E-state index in [1.807, 2.05) is 16.8 Å². The van der Waals surface area contributed by atoms with Crippen molar-refractivity contribution in [1.29, 1.82) is 0 Å². The zero-order valence-electron chi connectivity index (χ0n) is 11.3. The van der Waals surface area contributed by atoms with Gasteiger partial charge in [-0.1, -0.05) is 6.42 Å². The van der Waals surface area contributed by atoms with Gasteiger partial charge in [-0.15, -0.1) is 22.7 Å². The van der Waals surface area contributed by atoms with Crippen LogP contribution in [0, 0.1) is 5.92 Å². The molecule has 1 saturated carbocycles. The van der Waals surface area contributed by atoms with Crippen molar-refractivity contribution in [1.82, 2.24) is 4.98 Å². The third kappa shape index (κ3) is 3.71. The molecule has 2 aromatic heterocycles. The van der Waals surface area contributed by atoms with Crippen LogP contribution in [0.5, 0.6) is 0 Å². The molecule has 3 N–H and O–H groups in total. The lowest BCUT2D eigenvalue weighted by Crippen LogP contribution is -2.28. The molecular formula is C14H16BrN3OS2. The number of hydrogen-bond donors (Lipinski definition) is 2. The molecule has 2 atom stereocenters. The van der Waals surface area contributed by atoms with Crippen LogP contribution in [0.1, 0.15) is 25.7 Å². The molecule has 4 nitrogen and oxygen atoms in total. The molecule has 3 rings (SSSR count). The third-order valence-electron chi connectivity index (χ3n) is 3.74. The van der Waals surface area contributed by atoms with Crippen LogP contribution in [0.15, 0.2) is 21.3 Å². The first-order valence-electron chi connectivity index (χ1n) is 6.87. The number of aromatic nitrogens is 1. The summed E-state index contributed by atoms with van der Waals surface area (Å²) in [7, 11) is 0. The largest absolute Gasteiger partial charge is 0.327 e. The van der Waals surface area contributed by atoms with Crippen molar-refractivity contribution < 1.29 is 4.79 Å². The van der Waals surface area contributed by atoms with Gasteiger partial charge in [-0.3, -0.25) is 4.79 Å². The number of thiazole rings is 1. The fourth-order valence-electron chi connectivity index (χ4n) is 2.62. The van der Waals surface area contributed by atoms with Crippen LogP contribution in [0.3, 0.4) is 0 Å². The fraction of sp³-hybridized carbons (Fsp3) is 0.429. The summed E-state index contributed by atoms with van der Waals surface area (Å²) in [4.78, 5) is 17.6. The van der Waals surface area contributed by atoms with Crippen molar-refractivity contribution in [2.24, 2.45) is 11.7 Å². The lowest BCUT2D eigenvalue weighted by molar-refractivity contribution is -0.117. The molecule has 21 heavy (non-hydrogen) atoms. The number of carbonyl (C=O) groups excluding carboxylic acids is 1. The smallest absolute Gasteiger partial charge is 0.226 e. The number of anilines is 1. The van der Waals surface area contributed by atoms with Crippen molar-refractivity contribution in [3.05, 3.63) is 21.3 Å². The zero-order chi connectivity index (χ0) is 14.8.